The van der Waals surface area contributed by atoms with Crippen LogP contribution in [0.1, 0.15) is 72.4 Å². The number of hydrogen-bond acceptors (Lipinski definition) is 5. The minimum atomic E-state index is -0.397. The number of benzene rings is 2. The van der Waals surface area contributed by atoms with Crippen LogP contribution >= 0.6 is 0 Å². The average Bonchev–Trinajstić information content (AvgIpc) is 3.60. The highest BCUT2D eigenvalue weighted by molar-refractivity contribution is 5.93. The van der Waals surface area contributed by atoms with E-state index in [1.807, 2.05) is 41.0 Å². The van der Waals surface area contributed by atoms with E-state index in [2.05, 4.69) is 19.1 Å². The van der Waals surface area contributed by atoms with E-state index in [4.69, 9.17) is 15.8 Å². The van der Waals surface area contributed by atoms with Gasteiger partial charge in [0.2, 0.25) is 5.91 Å². The summed E-state index contributed by atoms with van der Waals surface area (Å²) in [7, 11) is 0. The van der Waals surface area contributed by atoms with Crippen molar-refractivity contribution in [1.82, 2.24) is 19.5 Å². The summed E-state index contributed by atoms with van der Waals surface area (Å²) in [6.07, 6.45) is 3.53. The third-order valence-corrected chi connectivity index (χ3v) is 9.21. The molecule has 2 aromatic carbocycles. The number of rotatable bonds is 5. The predicted octanol–water partition coefficient (Wildman–Crippen LogP) is 4.87. The molecule has 1 saturated heterocycles. The minimum Gasteiger partial charge on any atom is -0.369 e. The van der Waals surface area contributed by atoms with Crippen LogP contribution in [0.4, 0.5) is 10.1 Å². The molecule has 3 atom stereocenters. The van der Waals surface area contributed by atoms with E-state index in [1.165, 1.54) is 17.2 Å². The zero-order valence-electron chi connectivity index (χ0n) is 23.3. The molecule has 1 saturated carbocycles. The molecular formula is C32H33FN6O2. The SMILES string of the molecule is C[C@@H]1c2ccccc2CCN1C(=O)c1cc(C2CC2)n2nc(-c3ccc(N4CC[C@@H](C(N)=O)[C@H]4C)cc3F)cc2n1. The van der Waals surface area contributed by atoms with Gasteiger partial charge in [-0.25, -0.2) is 13.9 Å². The molecule has 2 N–H and O–H groups in total. The number of carbonyl (C=O) groups excluding carboxylic acids is 2. The highest BCUT2D eigenvalue weighted by Crippen LogP contribution is 2.41. The maximum absolute atomic E-state index is 15.5. The molecule has 41 heavy (non-hydrogen) atoms. The first-order valence-corrected chi connectivity index (χ1v) is 14.5. The Morgan fingerprint density at radius 3 is 2.54 bits per heavy atom. The number of primary amides is 1. The molecule has 9 heteroatoms. The van der Waals surface area contributed by atoms with E-state index >= 15 is 4.39 Å². The molecule has 1 aliphatic carbocycles. The number of aromatic nitrogens is 3. The van der Waals surface area contributed by atoms with Crippen molar-refractivity contribution < 1.29 is 14.0 Å². The molecule has 3 aliphatic rings. The number of hydrogen-bond donors (Lipinski definition) is 1. The maximum atomic E-state index is 15.5. The normalized spacial score (nSPS) is 22.3. The van der Waals surface area contributed by atoms with Gasteiger partial charge in [-0.1, -0.05) is 24.3 Å². The van der Waals surface area contributed by atoms with Gasteiger partial charge >= 0.3 is 0 Å². The van der Waals surface area contributed by atoms with Gasteiger partial charge in [0.15, 0.2) is 5.65 Å². The van der Waals surface area contributed by atoms with Crippen LogP contribution in [0.25, 0.3) is 16.9 Å². The van der Waals surface area contributed by atoms with E-state index in [0.717, 1.165) is 25.0 Å². The summed E-state index contributed by atoms with van der Waals surface area (Å²) in [6, 6.07) is 16.9. The highest BCUT2D eigenvalue weighted by Gasteiger charge is 2.35. The third kappa shape index (κ3) is 4.34. The second-order valence-corrected chi connectivity index (χ2v) is 11.7. The summed E-state index contributed by atoms with van der Waals surface area (Å²) in [5.74, 6) is -0.753. The zero-order chi connectivity index (χ0) is 28.4. The van der Waals surface area contributed by atoms with Crippen molar-refractivity contribution in [2.75, 3.05) is 18.0 Å². The van der Waals surface area contributed by atoms with Crippen LogP contribution in [-0.4, -0.2) is 50.4 Å². The first kappa shape index (κ1) is 25.7. The fourth-order valence-electron chi connectivity index (χ4n) is 6.68. The number of nitrogens with two attached hydrogens (primary N) is 1. The minimum absolute atomic E-state index is 0.0421. The number of nitrogens with zero attached hydrogens (tertiary/aromatic N) is 5. The summed E-state index contributed by atoms with van der Waals surface area (Å²) in [4.78, 5) is 34.2. The molecule has 2 aliphatic heterocycles. The average molecular weight is 553 g/mol. The molecule has 2 aromatic heterocycles. The van der Waals surface area contributed by atoms with Crippen molar-refractivity contribution in [3.05, 3.63) is 82.9 Å². The van der Waals surface area contributed by atoms with Crippen LogP contribution in [0.2, 0.25) is 0 Å². The smallest absolute Gasteiger partial charge is 0.273 e. The van der Waals surface area contributed by atoms with Crippen LogP contribution in [0, 0.1) is 11.7 Å². The van der Waals surface area contributed by atoms with Gasteiger partial charge in [0.1, 0.15) is 11.5 Å². The van der Waals surface area contributed by atoms with Gasteiger partial charge in [0.25, 0.3) is 5.91 Å². The number of carbonyl (C=O) groups is 2. The molecule has 4 heterocycles. The molecule has 7 rings (SSSR count). The second-order valence-electron chi connectivity index (χ2n) is 11.7. The monoisotopic (exact) mass is 552 g/mol. The van der Waals surface area contributed by atoms with E-state index in [0.29, 0.717) is 53.7 Å². The number of anilines is 1. The lowest BCUT2D eigenvalue weighted by Gasteiger charge is -2.35. The van der Waals surface area contributed by atoms with Crippen LogP contribution in [-0.2, 0) is 11.2 Å². The summed E-state index contributed by atoms with van der Waals surface area (Å²) in [5.41, 5.74) is 11.4. The molecule has 2 fully saturated rings. The zero-order valence-corrected chi connectivity index (χ0v) is 23.3. The lowest BCUT2D eigenvalue weighted by atomic mass is 9.93. The Balaban J connectivity index is 1.21. The van der Waals surface area contributed by atoms with Crippen LogP contribution in [0.3, 0.4) is 0 Å². The second kappa shape index (κ2) is 9.68. The van der Waals surface area contributed by atoms with Gasteiger partial charge in [0.05, 0.1) is 17.7 Å². The fraction of sp³-hybridized carbons (Fsp3) is 0.375. The summed E-state index contributed by atoms with van der Waals surface area (Å²) < 4.78 is 17.3. The Bertz CT molecular complexity index is 1700. The standard InChI is InChI=1S/C32H33FN6O2/c1-18-23-6-4-3-5-20(23)11-13-38(18)32(41)28-16-29(21-7-8-21)39-30(35-28)17-27(36-39)25-10-9-22(15-26(25)33)37-14-12-24(19(37)2)31(34)40/h3-6,9-10,15-19,21,24H,7-8,11-14H2,1-2H3,(H2,34,40)/t18-,19-,24-/m1/s1. The lowest BCUT2D eigenvalue weighted by molar-refractivity contribution is -0.121. The molecule has 2 amide bonds. The predicted molar refractivity (Wildman–Crippen MR) is 154 cm³/mol. The summed E-state index contributed by atoms with van der Waals surface area (Å²) in [5, 5.41) is 4.75. The largest absolute Gasteiger partial charge is 0.369 e. The van der Waals surface area contributed by atoms with Gasteiger partial charge < -0.3 is 15.5 Å². The fourth-order valence-corrected chi connectivity index (χ4v) is 6.68. The molecule has 0 bridgehead atoms. The van der Waals surface area contributed by atoms with Gasteiger partial charge in [-0.05, 0) is 74.9 Å². The van der Waals surface area contributed by atoms with E-state index in [1.54, 1.807) is 16.6 Å². The first-order chi connectivity index (χ1) is 19.8. The Hall–Kier alpha value is -4.27. The quantitative estimate of drug-likeness (QED) is 0.381. The van der Waals surface area contributed by atoms with Crippen LogP contribution in [0.5, 0.6) is 0 Å². The number of halogens is 1. The molecule has 0 spiro atoms. The molecule has 0 radical (unpaired) electrons. The van der Waals surface area contributed by atoms with Crippen molar-refractivity contribution in [2.45, 2.75) is 57.5 Å². The van der Waals surface area contributed by atoms with Crippen molar-refractivity contribution in [3.8, 4) is 11.3 Å². The number of fused-ring (bicyclic) bond motifs is 2. The Morgan fingerprint density at radius 1 is 1.00 bits per heavy atom. The summed E-state index contributed by atoms with van der Waals surface area (Å²) >= 11 is 0. The van der Waals surface area contributed by atoms with E-state index in [-0.39, 0.29) is 29.8 Å². The van der Waals surface area contributed by atoms with Gasteiger partial charge in [0, 0.05) is 48.1 Å². The van der Waals surface area contributed by atoms with Gasteiger partial charge in [-0.3, -0.25) is 9.59 Å². The molecular weight excluding hydrogens is 519 g/mol. The number of amides is 2. The van der Waals surface area contributed by atoms with Crippen LogP contribution < -0.4 is 10.6 Å². The third-order valence-electron chi connectivity index (χ3n) is 9.21. The van der Waals surface area contributed by atoms with E-state index in [9.17, 15) is 9.59 Å². The van der Waals surface area contributed by atoms with E-state index < -0.39 is 5.82 Å². The van der Waals surface area contributed by atoms with Gasteiger partial charge in [-0.2, -0.15) is 5.10 Å². The van der Waals surface area contributed by atoms with Crippen molar-refractivity contribution in [1.29, 1.82) is 0 Å². The maximum Gasteiger partial charge on any atom is 0.273 e. The summed E-state index contributed by atoms with van der Waals surface area (Å²) in [6.45, 7) is 5.30. The van der Waals surface area contributed by atoms with Gasteiger partial charge in [-0.15, -0.1) is 0 Å². The van der Waals surface area contributed by atoms with Crippen molar-refractivity contribution in [3.63, 3.8) is 0 Å². The first-order valence-electron chi connectivity index (χ1n) is 14.5. The van der Waals surface area contributed by atoms with Crippen molar-refractivity contribution in [2.24, 2.45) is 11.7 Å². The highest BCUT2D eigenvalue weighted by atomic mass is 19.1. The molecule has 4 aromatic rings. The Labute approximate surface area is 238 Å². The van der Waals surface area contributed by atoms with Crippen LogP contribution in [0.15, 0.2) is 54.6 Å². The topological polar surface area (TPSA) is 96.8 Å². The Kier molecular flexibility index (Phi) is 6.06. The molecule has 8 nitrogen and oxygen atoms in total. The van der Waals surface area contributed by atoms with Crippen molar-refractivity contribution >= 4 is 23.1 Å². The lowest BCUT2D eigenvalue weighted by Crippen LogP contribution is -2.39. The Morgan fingerprint density at radius 2 is 1.80 bits per heavy atom. The molecule has 210 valence electrons. The molecule has 0 unspecified atom stereocenters.